The van der Waals surface area contributed by atoms with E-state index >= 15 is 0 Å². The zero-order valence-corrected chi connectivity index (χ0v) is 15.0. The Hall–Kier alpha value is -1.23. The maximum Gasteiger partial charge on any atom is 0.695 e. The van der Waals surface area contributed by atoms with Crippen LogP contribution < -0.4 is 11.2 Å². The predicted octanol–water partition coefficient (Wildman–Crippen LogP) is -0.132. The van der Waals surface area contributed by atoms with E-state index in [1.807, 2.05) is 0 Å². The highest BCUT2D eigenvalue weighted by Gasteiger charge is 2.50. The second-order valence-electron chi connectivity index (χ2n) is 5.20. The highest BCUT2D eigenvalue weighted by atomic mass is 31.2. The molecular weight excluding hydrogens is 382 g/mol. The van der Waals surface area contributed by atoms with Crippen LogP contribution in [0.25, 0.3) is 0 Å². The summed E-state index contributed by atoms with van der Waals surface area (Å²) in [5.41, 5.74) is -1.37. The van der Waals surface area contributed by atoms with Gasteiger partial charge in [0.05, 0.1) is 0 Å². The monoisotopic (exact) mass is 399 g/mol. The van der Waals surface area contributed by atoms with Crippen LogP contribution in [-0.2, 0) is 27.7 Å². The van der Waals surface area contributed by atoms with Crippen LogP contribution in [0, 0.1) is 5.92 Å². The molecule has 0 aliphatic carbocycles. The largest absolute Gasteiger partial charge is 0.695 e. The van der Waals surface area contributed by atoms with Crippen molar-refractivity contribution in [3.8, 4) is 0 Å². The lowest BCUT2D eigenvalue weighted by atomic mass is 10.1. The molecule has 2 heterocycles. The first-order valence-corrected chi connectivity index (χ1v) is 9.83. The Balaban J connectivity index is 2.26. The van der Waals surface area contributed by atoms with Crippen LogP contribution >= 0.6 is 15.9 Å². The van der Waals surface area contributed by atoms with Gasteiger partial charge in [0.15, 0.2) is 18.7 Å². The summed E-state index contributed by atoms with van der Waals surface area (Å²) in [7, 11) is -6.03. The Labute approximate surface area is 141 Å². The Morgan fingerprint density at radius 1 is 1.48 bits per heavy atom. The third kappa shape index (κ3) is 4.90. The molecule has 14 heteroatoms. The van der Waals surface area contributed by atoms with Crippen molar-refractivity contribution in [3.05, 3.63) is 33.1 Å². The lowest BCUT2D eigenvalue weighted by molar-refractivity contribution is -0.165. The van der Waals surface area contributed by atoms with Crippen LogP contribution in [-0.4, -0.2) is 45.2 Å². The second-order valence-corrected chi connectivity index (χ2v) is 7.78. The van der Waals surface area contributed by atoms with E-state index in [0.717, 1.165) is 17.7 Å². The first-order valence-electron chi connectivity index (χ1n) is 6.93. The van der Waals surface area contributed by atoms with E-state index in [9.17, 15) is 23.6 Å². The van der Waals surface area contributed by atoms with Gasteiger partial charge < -0.3 is 18.9 Å². The van der Waals surface area contributed by atoms with Crippen LogP contribution in [0.4, 0.5) is 0 Å². The molecule has 1 fully saturated rings. The predicted molar refractivity (Wildman–Crippen MR) is 81.9 cm³/mol. The van der Waals surface area contributed by atoms with Crippen molar-refractivity contribution >= 4 is 15.9 Å². The molecule has 12 nitrogen and oxygen atoms in total. The van der Waals surface area contributed by atoms with Crippen LogP contribution in [0.2, 0.25) is 0 Å². The lowest BCUT2D eigenvalue weighted by Gasteiger charge is -2.17. The van der Waals surface area contributed by atoms with E-state index in [2.05, 4.69) is 9.51 Å². The molecule has 0 spiro atoms. The van der Waals surface area contributed by atoms with Gasteiger partial charge in [0.1, 0.15) is 6.23 Å². The number of ether oxygens (including phenoxy) is 2. The fraction of sp³-hybridized carbons (Fsp3) is 0.636. The summed E-state index contributed by atoms with van der Waals surface area (Å²) in [5, 5.41) is 0. The molecule has 1 aromatic rings. The molecule has 0 radical (unpaired) electrons. The third-order valence-corrected chi connectivity index (χ3v) is 5.00. The van der Waals surface area contributed by atoms with E-state index in [1.54, 1.807) is 6.92 Å². The SMILES string of the molecule is COP(=O)(O)CO[C@H]1O[C@@H](n2ccc(=O)[nH]c2=O)[C@H](C)[C@@H]1O[P+](=O)O. The molecule has 25 heavy (non-hydrogen) atoms. The fourth-order valence-corrected chi connectivity index (χ4v) is 3.24. The van der Waals surface area contributed by atoms with Crippen molar-refractivity contribution in [2.24, 2.45) is 5.92 Å². The molecule has 0 bridgehead atoms. The van der Waals surface area contributed by atoms with E-state index < -0.39 is 58.0 Å². The molecule has 2 unspecified atom stereocenters. The number of nitrogens with one attached hydrogen (secondary N) is 1. The molecule has 1 aromatic heterocycles. The van der Waals surface area contributed by atoms with Gasteiger partial charge in [-0.3, -0.25) is 18.9 Å². The normalized spacial score (nSPS) is 29.4. The fourth-order valence-electron chi connectivity index (χ4n) is 2.30. The first kappa shape index (κ1) is 20.1. The minimum absolute atomic E-state index is 0.604. The highest BCUT2D eigenvalue weighted by molar-refractivity contribution is 7.52. The number of aromatic nitrogens is 2. The molecular formula is C11H17N2O10P2+. The average molecular weight is 399 g/mol. The quantitative estimate of drug-likeness (QED) is 0.526. The topological polar surface area (TPSA) is 166 Å². The molecule has 1 saturated heterocycles. The Morgan fingerprint density at radius 2 is 2.16 bits per heavy atom. The Bertz CT molecular complexity index is 792. The van der Waals surface area contributed by atoms with Crippen molar-refractivity contribution in [1.29, 1.82) is 0 Å². The van der Waals surface area contributed by atoms with Gasteiger partial charge in [-0.2, -0.15) is 0 Å². The second kappa shape index (κ2) is 7.98. The molecule has 1 aliphatic rings. The smallest absolute Gasteiger partial charge is 0.337 e. The van der Waals surface area contributed by atoms with E-state index in [0.29, 0.717) is 0 Å². The first-order chi connectivity index (χ1) is 11.6. The van der Waals surface area contributed by atoms with Crippen molar-refractivity contribution in [2.75, 3.05) is 13.5 Å². The van der Waals surface area contributed by atoms with Gasteiger partial charge in [-0.25, -0.2) is 4.79 Å². The van der Waals surface area contributed by atoms with Gasteiger partial charge in [-0.05, 0) is 0 Å². The van der Waals surface area contributed by atoms with E-state index in [-0.39, 0.29) is 0 Å². The highest BCUT2D eigenvalue weighted by Crippen LogP contribution is 2.44. The number of rotatable bonds is 7. The number of hydrogen-bond donors (Lipinski definition) is 3. The van der Waals surface area contributed by atoms with Gasteiger partial charge >= 0.3 is 21.5 Å². The van der Waals surface area contributed by atoms with Crippen LogP contribution in [0.3, 0.4) is 0 Å². The van der Waals surface area contributed by atoms with Crippen molar-refractivity contribution in [2.45, 2.75) is 25.5 Å². The van der Waals surface area contributed by atoms with Crippen LogP contribution in [0.1, 0.15) is 13.2 Å². The number of H-pyrrole nitrogens is 1. The number of aromatic amines is 1. The van der Waals surface area contributed by atoms with E-state index in [4.69, 9.17) is 18.9 Å². The Morgan fingerprint density at radius 3 is 2.72 bits per heavy atom. The van der Waals surface area contributed by atoms with Gasteiger partial charge in [-0.1, -0.05) is 6.92 Å². The number of hydrogen-bond acceptors (Lipinski definition) is 8. The van der Waals surface area contributed by atoms with Gasteiger partial charge in [0.2, 0.25) is 0 Å². The van der Waals surface area contributed by atoms with E-state index in [1.165, 1.54) is 6.20 Å². The lowest BCUT2D eigenvalue weighted by Crippen LogP contribution is -2.34. The Kier molecular flexibility index (Phi) is 6.41. The molecule has 0 amide bonds. The molecule has 3 N–H and O–H groups in total. The zero-order chi connectivity index (χ0) is 18.8. The summed E-state index contributed by atoms with van der Waals surface area (Å²) in [6.45, 7) is 1.56. The molecule has 0 saturated carbocycles. The van der Waals surface area contributed by atoms with Crippen LogP contribution in [0.15, 0.2) is 21.9 Å². The molecule has 1 aliphatic heterocycles. The molecule has 0 aromatic carbocycles. The molecule has 6 atom stereocenters. The zero-order valence-electron chi connectivity index (χ0n) is 13.2. The summed E-state index contributed by atoms with van der Waals surface area (Å²) < 4.78 is 43.5. The van der Waals surface area contributed by atoms with Crippen molar-refractivity contribution < 1.29 is 37.4 Å². The van der Waals surface area contributed by atoms with Crippen molar-refractivity contribution in [1.82, 2.24) is 9.55 Å². The van der Waals surface area contributed by atoms with Gasteiger partial charge in [0, 0.05) is 29.9 Å². The van der Waals surface area contributed by atoms with Crippen molar-refractivity contribution in [3.63, 3.8) is 0 Å². The summed E-state index contributed by atoms with van der Waals surface area (Å²) in [4.78, 5) is 43.5. The van der Waals surface area contributed by atoms with Crippen LogP contribution in [0.5, 0.6) is 0 Å². The standard InChI is InChI=1S/C11H16N2O10P2/c1-6-8(23-24(16)17)10(21-5-25(18,19)20-2)22-9(6)13-4-3-7(14)12-11(13)15/h3-4,6,8-10H,5H2,1-2H3,(H2-,12,14,15,16,17,18,19)/p+1/t6-,8+,9-,10+/m1/s1. The summed E-state index contributed by atoms with van der Waals surface area (Å²) in [5.74, 6) is -0.666. The third-order valence-electron chi connectivity index (χ3n) is 3.53. The molecule has 2 rings (SSSR count). The molecule has 140 valence electrons. The van der Waals surface area contributed by atoms with Gasteiger partial charge in [0.25, 0.3) is 5.56 Å². The number of nitrogens with zero attached hydrogens (tertiary/aromatic N) is 1. The maximum atomic E-state index is 11.9. The summed E-state index contributed by atoms with van der Waals surface area (Å²) in [6, 6.07) is 1.10. The average Bonchev–Trinajstić information content (AvgIpc) is 2.82. The summed E-state index contributed by atoms with van der Waals surface area (Å²) in [6.07, 6.45) is -3.01. The minimum Gasteiger partial charge on any atom is -0.337 e. The van der Waals surface area contributed by atoms with Gasteiger partial charge in [-0.15, -0.1) is 9.42 Å². The summed E-state index contributed by atoms with van der Waals surface area (Å²) >= 11 is 0. The minimum atomic E-state index is -4.02. The maximum absolute atomic E-state index is 11.9.